The van der Waals surface area contributed by atoms with Crippen molar-refractivity contribution in [3.63, 3.8) is 0 Å². The van der Waals surface area contributed by atoms with Crippen LogP contribution in [0.15, 0.2) is 12.3 Å². The number of aromatic nitrogens is 1. The lowest BCUT2D eigenvalue weighted by molar-refractivity contribution is -0.240. The molecule has 7 rings (SSSR count). The van der Waals surface area contributed by atoms with Crippen LogP contribution in [0.1, 0.15) is 50.9 Å². The average molecular weight is 544 g/mol. The number of rotatable bonds is 3. The maximum atomic E-state index is 13.8. The molecule has 1 aromatic rings. The first-order valence-electron chi connectivity index (χ1n) is 13.4. The van der Waals surface area contributed by atoms with Gasteiger partial charge in [0.25, 0.3) is 0 Å². The zero-order valence-electron chi connectivity index (χ0n) is 22.7. The number of hydrogen-bond acceptors (Lipinski definition) is 11. The summed E-state index contributed by atoms with van der Waals surface area (Å²) < 4.78 is 30.1. The predicted octanol–water partition coefficient (Wildman–Crippen LogP) is 0.867. The third-order valence-electron chi connectivity index (χ3n) is 10.7. The molecule has 11 atom stereocenters. The van der Waals surface area contributed by atoms with Crippen LogP contribution in [-0.4, -0.2) is 75.0 Å². The summed E-state index contributed by atoms with van der Waals surface area (Å²) >= 11 is 0. The van der Waals surface area contributed by atoms with Crippen molar-refractivity contribution in [3.8, 4) is 0 Å². The topological polar surface area (TPSA) is 151 Å². The van der Waals surface area contributed by atoms with Crippen LogP contribution in [0.25, 0.3) is 0 Å². The summed E-state index contributed by atoms with van der Waals surface area (Å²) in [5.41, 5.74) is -5.58. The van der Waals surface area contributed by atoms with E-state index in [1.54, 1.807) is 6.20 Å². The van der Waals surface area contributed by atoms with E-state index in [1.165, 1.54) is 6.92 Å². The van der Waals surface area contributed by atoms with Crippen molar-refractivity contribution in [2.24, 2.45) is 28.1 Å². The van der Waals surface area contributed by atoms with Gasteiger partial charge < -0.3 is 33.9 Å². The molecule has 6 fully saturated rings. The predicted molar refractivity (Wildman–Crippen MR) is 128 cm³/mol. The Balaban J connectivity index is 1.45. The van der Waals surface area contributed by atoms with Gasteiger partial charge in [-0.3, -0.25) is 9.78 Å². The Hall–Kier alpha value is -2.60. The number of esters is 3. The summed E-state index contributed by atoms with van der Waals surface area (Å²) in [5, 5.41) is 24.4. The maximum absolute atomic E-state index is 13.8. The lowest BCUT2D eigenvalue weighted by atomic mass is 9.51. The summed E-state index contributed by atoms with van der Waals surface area (Å²) in [6.07, 6.45) is -4.60. The molecule has 1 aromatic heterocycles. The summed E-state index contributed by atoms with van der Waals surface area (Å²) in [5.74, 6) is -3.96. The molecule has 2 saturated carbocycles. The van der Waals surface area contributed by atoms with Crippen LogP contribution >= 0.6 is 0 Å². The second-order valence-electron chi connectivity index (χ2n) is 13.2. The van der Waals surface area contributed by atoms with E-state index in [0.717, 1.165) is 11.1 Å². The van der Waals surface area contributed by atoms with Gasteiger partial charge >= 0.3 is 17.9 Å². The van der Waals surface area contributed by atoms with E-state index in [0.29, 0.717) is 5.69 Å². The minimum absolute atomic E-state index is 0.0328. The average Bonchev–Trinajstić information content (AvgIpc) is 3.56. The van der Waals surface area contributed by atoms with Gasteiger partial charge in [-0.15, -0.1) is 0 Å². The molecule has 210 valence electrons. The van der Waals surface area contributed by atoms with E-state index < -0.39 is 87.9 Å². The molecule has 11 nitrogen and oxygen atoms in total. The Morgan fingerprint density at radius 2 is 1.85 bits per heavy atom. The molecule has 2 aliphatic carbocycles. The van der Waals surface area contributed by atoms with Crippen molar-refractivity contribution in [2.45, 2.75) is 96.5 Å². The van der Waals surface area contributed by atoms with Crippen molar-refractivity contribution in [3.05, 3.63) is 29.1 Å². The second kappa shape index (κ2) is 7.18. The fraction of sp³-hybridized carbons (Fsp3) is 0.714. The SMILES string of the molecule is Cc1cnc(CO[C@H]2C(=O)OC3OC45C(=O)OC6C[C@@H](C(C)(C)C)C32C64[C@@H](O)[C@@H]2OC(=O)[C@@H](C)[C@@]25O)c(C)c1. The molecule has 5 heterocycles. The largest absolute Gasteiger partial charge is 0.459 e. The Labute approximate surface area is 225 Å². The molecular formula is C28H33NO10. The second-order valence-corrected chi connectivity index (χ2v) is 13.2. The molecule has 0 amide bonds. The maximum Gasteiger partial charge on any atom is 0.343 e. The number of aliphatic hydroxyl groups excluding tert-OH is 1. The van der Waals surface area contributed by atoms with Crippen LogP contribution in [0.3, 0.4) is 0 Å². The Bertz CT molecular complexity index is 1340. The minimum atomic E-state index is -2.24. The van der Waals surface area contributed by atoms with Crippen molar-refractivity contribution in [1.82, 2.24) is 4.98 Å². The molecule has 2 N–H and O–H groups in total. The van der Waals surface area contributed by atoms with Crippen molar-refractivity contribution >= 4 is 17.9 Å². The highest BCUT2D eigenvalue weighted by Gasteiger charge is 3.04. The number of carbonyl (C=O) groups excluding carboxylic acids is 3. The molecule has 5 unspecified atom stereocenters. The number of hydrogen-bond donors (Lipinski definition) is 2. The fourth-order valence-corrected chi connectivity index (χ4v) is 9.36. The molecule has 11 heteroatoms. The number of nitrogens with zero attached hydrogens (tertiary/aromatic N) is 1. The molecule has 4 saturated heterocycles. The Kier molecular flexibility index (Phi) is 4.67. The first kappa shape index (κ1) is 25.4. The van der Waals surface area contributed by atoms with Crippen LogP contribution in [0.2, 0.25) is 0 Å². The fourth-order valence-electron chi connectivity index (χ4n) is 9.36. The van der Waals surface area contributed by atoms with Gasteiger partial charge in [-0.25, -0.2) is 9.59 Å². The van der Waals surface area contributed by atoms with Crippen molar-refractivity contribution in [1.29, 1.82) is 0 Å². The van der Waals surface area contributed by atoms with Gasteiger partial charge in [-0.2, -0.15) is 0 Å². The molecule has 0 bridgehead atoms. The Morgan fingerprint density at radius 1 is 1.13 bits per heavy atom. The van der Waals surface area contributed by atoms with E-state index in [1.807, 2.05) is 40.7 Å². The smallest absolute Gasteiger partial charge is 0.343 e. The zero-order valence-corrected chi connectivity index (χ0v) is 22.7. The lowest BCUT2D eigenvalue weighted by Crippen LogP contribution is -2.67. The highest BCUT2D eigenvalue weighted by molar-refractivity contribution is 5.94. The van der Waals surface area contributed by atoms with Gasteiger partial charge in [0.1, 0.15) is 12.2 Å². The molecule has 6 aliphatic rings. The summed E-state index contributed by atoms with van der Waals surface area (Å²) in [6.45, 7) is 11.2. The zero-order chi connectivity index (χ0) is 28.1. The minimum Gasteiger partial charge on any atom is -0.459 e. The summed E-state index contributed by atoms with van der Waals surface area (Å²) in [6, 6.07) is 1.96. The lowest BCUT2D eigenvalue weighted by Gasteiger charge is -2.48. The van der Waals surface area contributed by atoms with E-state index in [2.05, 4.69) is 4.98 Å². The number of aliphatic hydroxyl groups is 2. The van der Waals surface area contributed by atoms with Crippen LogP contribution in [0, 0.1) is 41.9 Å². The van der Waals surface area contributed by atoms with E-state index >= 15 is 0 Å². The standard InChI is InChI=1S/C28H33NO10/c1-11-7-12(2)14(29-9-11)10-35-19-21(32)38-23-25(19)15(24(4,5)6)8-16-26(25)17(30)18-27(34,13(3)20(31)37-18)28(26,39-23)22(33)36-16/h7,9,13,15-19,23,30,34H,8,10H2,1-6H3/t13-,15+,16?,17+,18+,19+,23?,25?,26?,27-,28?/m1/s1. The highest BCUT2D eigenvalue weighted by Crippen LogP contribution is 2.84. The van der Waals surface area contributed by atoms with E-state index in [9.17, 15) is 24.6 Å². The molecular weight excluding hydrogens is 510 g/mol. The van der Waals surface area contributed by atoms with Gasteiger partial charge in [0.2, 0.25) is 11.9 Å². The van der Waals surface area contributed by atoms with Crippen LogP contribution in [0.5, 0.6) is 0 Å². The van der Waals surface area contributed by atoms with Crippen molar-refractivity contribution in [2.75, 3.05) is 0 Å². The molecule has 0 aromatic carbocycles. The van der Waals surface area contributed by atoms with Gasteiger partial charge in [-0.1, -0.05) is 26.8 Å². The van der Waals surface area contributed by atoms with Crippen molar-refractivity contribution < 1.29 is 48.3 Å². The third-order valence-corrected chi connectivity index (χ3v) is 10.7. The van der Waals surface area contributed by atoms with Gasteiger partial charge in [-0.05, 0) is 49.7 Å². The third kappa shape index (κ3) is 2.36. The first-order valence-corrected chi connectivity index (χ1v) is 13.4. The first-order chi connectivity index (χ1) is 18.2. The van der Waals surface area contributed by atoms with E-state index in [-0.39, 0.29) is 13.0 Å². The van der Waals surface area contributed by atoms with Crippen LogP contribution < -0.4 is 0 Å². The van der Waals surface area contributed by atoms with Crippen LogP contribution in [-0.2, 0) is 44.7 Å². The Morgan fingerprint density at radius 3 is 2.51 bits per heavy atom. The molecule has 2 spiro atoms. The number of aryl methyl sites for hydroxylation is 2. The van der Waals surface area contributed by atoms with E-state index in [4.69, 9.17) is 23.7 Å². The monoisotopic (exact) mass is 543 g/mol. The highest BCUT2D eigenvalue weighted by atomic mass is 16.8. The quantitative estimate of drug-likeness (QED) is 0.413. The van der Waals surface area contributed by atoms with Gasteiger partial charge in [0.15, 0.2) is 17.8 Å². The number of fused-ring (bicyclic) bond motifs is 1. The summed E-state index contributed by atoms with van der Waals surface area (Å²) in [7, 11) is 0. The van der Waals surface area contributed by atoms with Crippen LogP contribution in [0.4, 0.5) is 0 Å². The molecule has 39 heavy (non-hydrogen) atoms. The normalized spacial score (nSPS) is 48.9. The molecule has 0 radical (unpaired) electrons. The number of pyridine rings is 1. The summed E-state index contributed by atoms with van der Waals surface area (Å²) in [4.78, 5) is 44.6. The number of ether oxygens (including phenoxy) is 5. The van der Waals surface area contributed by atoms with Gasteiger partial charge in [0, 0.05) is 6.20 Å². The molecule has 4 aliphatic heterocycles. The number of carbonyl (C=O) groups is 3. The van der Waals surface area contributed by atoms with Gasteiger partial charge in [0.05, 0.1) is 29.0 Å².